The molecule has 0 aromatic heterocycles. The Labute approximate surface area is 149 Å². The van der Waals surface area contributed by atoms with Gasteiger partial charge in [0.25, 0.3) is 0 Å². The van der Waals surface area contributed by atoms with Gasteiger partial charge in [-0.25, -0.2) is 0 Å². The molecule has 1 atom stereocenters. The van der Waals surface area contributed by atoms with Gasteiger partial charge in [-0.2, -0.15) is 0 Å². The maximum absolute atomic E-state index is 5.76. The van der Waals surface area contributed by atoms with E-state index in [9.17, 15) is 0 Å². The predicted octanol–water partition coefficient (Wildman–Crippen LogP) is 4.07. The molecule has 0 aliphatic rings. The minimum atomic E-state index is 0.0808. The summed E-state index contributed by atoms with van der Waals surface area (Å²) >= 11 is 5.38. The maximum atomic E-state index is 5.76. The fraction of sp³-hybridized carbons (Fsp3) is 0.316. The second-order valence-corrected chi connectivity index (χ2v) is 6.21. The number of rotatable bonds is 6. The Hall–Kier alpha value is -2.27. The predicted molar refractivity (Wildman–Crippen MR) is 103 cm³/mol. The quantitative estimate of drug-likeness (QED) is 0.774. The van der Waals surface area contributed by atoms with E-state index in [4.69, 9.17) is 21.7 Å². The van der Waals surface area contributed by atoms with E-state index in [1.54, 1.807) is 7.11 Å². The molecule has 2 aromatic carbocycles. The molecule has 2 aromatic rings. The fourth-order valence-electron chi connectivity index (χ4n) is 2.19. The molecule has 0 heterocycles. The molecule has 5 heteroatoms. The van der Waals surface area contributed by atoms with Crippen molar-refractivity contribution in [1.82, 2.24) is 5.32 Å². The van der Waals surface area contributed by atoms with Gasteiger partial charge < -0.3 is 20.1 Å². The number of ether oxygens (including phenoxy) is 2. The standard InChI is InChI=1S/C19H24N2O2S/c1-13-5-6-14(2)18(11-13)21-19(24)20-15(3)12-23-17-9-7-16(22-4)8-10-17/h5-11,15H,12H2,1-4H3,(H2,20,21,24)/t15-/m1/s1. The van der Waals surface area contributed by atoms with Crippen LogP contribution in [0.5, 0.6) is 11.5 Å². The molecule has 0 aliphatic carbocycles. The molecule has 0 spiro atoms. The van der Waals surface area contributed by atoms with E-state index < -0.39 is 0 Å². The van der Waals surface area contributed by atoms with Gasteiger partial charge in [-0.1, -0.05) is 12.1 Å². The van der Waals surface area contributed by atoms with Crippen molar-refractivity contribution in [3.63, 3.8) is 0 Å². The number of hydrogen-bond donors (Lipinski definition) is 2. The van der Waals surface area contributed by atoms with E-state index in [-0.39, 0.29) is 6.04 Å². The number of nitrogens with one attached hydrogen (secondary N) is 2. The summed E-state index contributed by atoms with van der Waals surface area (Å²) in [4.78, 5) is 0. The van der Waals surface area contributed by atoms with Crippen LogP contribution in [0.3, 0.4) is 0 Å². The smallest absolute Gasteiger partial charge is 0.171 e. The van der Waals surface area contributed by atoms with Gasteiger partial charge in [0.1, 0.15) is 18.1 Å². The third kappa shape index (κ3) is 5.42. The Morgan fingerprint density at radius 1 is 1.08 bits per heavy atom. The molecular formula is C19H24N2O2S. The van der Waals surface area contributed by atoms with Crippen LogP contribution in [0.15, 0.2) is 42.5 Å². The highest BCUT2D eigenvalue weighted by Gasteiger charge is 2.07. The molecule has 2 rings (SSSR count). The van der Waals surface area contributed by atoms with E-state index in [0.717, 1.165) is 22.7 Å². The Morgan fingerprint density at radius 2 is 1.75 bits per heavy atom. The average molecular weight is 344 g/mol. The highest BCUT2D eigenvalue weighted by molar-refractivity contribution is 7.80. The third-order valence-electron chi connectivity index (χ3n) is 3.58. The first-order valence-corrected chi connectivity index (χ1v) is 8.30. The maximum Gasteiger partial charge on any atom is 0.171 e. The van der Waals surface area contributed by atoms with Crippen molar-refractivity contribution in [3.8, 4) is 11.5 Å². The van der Waals surface area contributed by atoms with E-state index in [2.05, 4.69) is 42.7 Å². The van der Waals surface area contributed by atoms with Crippen molar-refractivity contribution < 1.29 is 9.47 Å². The number of hydrogen-bond acceptors (Lipinski definition) is 3. The van der Waals surface area contributed by atoms with Gasteiger partial charge in [0.2, 0.25) is 0 Å². The zero-order chi connectivity index (χ0) is 17.5. The topological polar surface area (TPSA) is 42.5 Å². The number of aryl methyl sites for hydroxylation is 2. The van der Waals surface area contributed by atoms with Crippen LogP contribution in [-0.4, -0.2) is 24.9 Å². The van der Waals surface area contributed by atoms with Crippen molar-refractivity contribution in [3.05, 3.63) is 53.6 Å². The molecule has 0 saturated heterocycles. The van der Waals surface area contributed by atoms with Crippen LogP contribution in [-0.2, 0) is 0 Å². The summed E-state index contributed by atoms with van der Waals surface area (Å²) in [5, 5.41) is 7.07. The molecule has 0 saturated carbocycles. The molecular weight excluding hydrogens is 320 g/mol. The Balaban J connectivity index is 1.81. The summed E-state index contributed by atoms with van der Waals surface area (Å²) < 4.78 is 10.9. The van der Waals surface area contributed by atoms with Gasteiger partial charge in [0.05, 0.1) is 13.2 Å². The number of benzene rings is 2. The van der Waals surface area contributed by atoms with Crippen LogP contribution in [0, 0.1) is 13.8 Å². The van der Waals surface area contributed by atoms with Crippen molar-refractivity contribution in [1.29, 1.82) is 0 Å². The SMILES string of the molecule is COc1ccc(OC[C@@H](C)NC(=S)Nc2cc(C)ccc2C)cc1. The molecule has 2 N–H and O–H groups in total. The van der Waals surface area contributed by atoms with Gasteiger partial charge in [0.15, 0.2) is 5.11 Å². The zero-order valence-electron chi connectivity index (χ0n) is 14.6. The highest BCUT2D eigenvalue weighted by Crippen LogP contribution is 2.18. The highest BCUT2D eigenvalue weighted by atomic mass is 32.1. The van der Waals surface area contributed by atoms with Gasteiger partial charge in [-0.15, -0.1) is 0 Å². The summed E-state index contributed by atoms with van der Waals surface area (Å²) in [7, 11) is 1.64. The van der Waals surface area contributed by atoms with Crippen LogP contribution >= 0.6 is 12.2 Å². The van der Waals surface area contributed by atoms with E-state index in [1.165, 1.54) is 5.56 Å². The second-order valence-electron chi connectivity index (χ2n) is 5.80. The van der Waals surface area contributed by atoms with Crippen LogP contribution in [0.25, 0.3) is 0 Å². The number of anilines is 1. The van der Waals surface area contributed by atoms with E-state index >= 15 is 0 Å². The minimum Gasteiger partial charge on any atom is -0.497 e. The zero-order valence-corrected chi connectivity index (χ0v) is 15.4. The van der Waals surface area contributed by atoms with Gasteiger partial charge in [-0.05, 0) is 74.4 Å². The molecule has 0 fully saturated rings. The normalized spacial score (nSPS) is 11.5. The summed E-state index contributed by atoms with van der Waals surface area (Å²) in [5.41, 5.74) is 3.38. The number of thiocarbonyl (C=S) groups is 1. The largest absolute Gasteiger partial charge is 0.497 e. The molecule has 4 nitrogen and oxygen atoms in total. The number of methoxy groups -OCH3 is 1. The van der Waals surface area contributed by atoms with Gasteiger partial charge >= 0.3 is 0 Å². The molecule has 0 aliphatic heterocycles. The van der Waals surface area contributed by atoms with E-state index in [0.29, 0.717) is 11.7 Å². The lowest BCUT2D eigenvalue weighted by molar-refractivity contribution is 0.286. The van der Waals surface area contributed by atoms with Crippen LogP contribution < -0.4 is 20.1 Å². The van der Waals surface area contributed by atoms with E-state index in [1.807, 2.05) is 31.2 Å². The summed E-state index contributed by atoms with van der Waals surface area (Å²) in [6, 6.07) is 13.9. The molecule has 0 bridgehead atoms. The van der Waals surface area contributed by atoms with Crippen molar-refractivity contribution in [2.45, 2.75) is 26.8 Å². The monoisotopic (exact) mass is 344 g/mol. The van der Waals surface area contributed by atoms with Crippen LogP contribution in [0.1, 0.15) is 18.1 Å². The summed E-state index contributed by atoms with van der Waals surface area (Å²) in [6.45, 7) is 6.66. The lowest BCUT2D eigenvalue weighted by Gasteiger charge is -2.18. The average Bonchev–Trinajstić information content (AvgIpc) is 2.56. The van der Waals surface area contributed by atoms with Crippen molar-refractivity contribution >= 4 is 23.0 Å². The molecule has 24 heavy (non-hydrogen) atoms. The lowest BCUT2D eigenvalue weighted by atomic mass is 10.1. The Bertz CT molecular complexity index is 686. The minimum absolute atomic E-state index is 0.0808. The lowest BCUT2D eigenvalue weighted by Crippen LogP contribution is -2.39. The van der Waals surface area contributed by atoms with Gasteiger partial charge in [-0.3, -0.25) is 0 Å². The summed E-state index contributed by atoms with van der Waals surface area (Å²) in [6.07, 6.45) is 0. The van der Waals surface area contributed by atoms with Gasteiger partial charge in [0, 0.05) is 5.69 Å². The van der Waals surface area contributed by atoms with Crippen molar-refractivity contribution in [2.75, 3.05) is 19.0 Å². The summed E-state index contributed by atoms with van der Waals surface area (Å²) in [5.74, 6) is 1.62. The first kappa shape index (κ1) is 18.1. The second kappa shape index (κ2) is 8.55. The molecule has 0 unspecified atom stereocenters. The van der Waals surface area contributed by atoms with Crippen LogP contribution in [0.4, 0.5) is 5.69 Å². The first-order valence-electron chi connectivity index (χ1n) is 7.89. The third-order valence-corrected chi connectivity index (χ3v) is 3.80. The molecule has 128 valence electrons. The van der Waals surface area contributed by atoms with Crippen molar-refractivity contribution in [2.24, 2.45) is 0 Å². The van der Waals surface area contributed by atoms with Crippen LogP contribution in [0.2, 0.25) is 0 Å². The Morgan fingerprint density at radius 3 is 2.42 bits per heavy atom. The Kier molecular flexibility index (Phi) is 6.44. The molecule has 0 radical (unpaired) electrons. The first-order chi connectivity index (χ1) is 11.5. The fourth-order valence-corrected chi connectivity index (χ4v) is 2.50. The molecule has 0 amide bonds.